The van der Waals surface area contributed by atoms with Crippen molar-refractivity contribution < 1.29 is 14.1 Å². The van der Waals surface area contributed by atoms with Crippen LogP contribution in [0, 0.1) is 13.8 Å². The number of nitrogens with zero attached hydrogens (tertiary/aromatic N) is 5. The van der Waals surface area contributed by atoms with Crippen LogP contribution in [0.4, 0.5) is 0 Å². The summed E-state index contributed by atoms with van der Waals surface area (Å²) >= 11 is 0. The summed E-state index contributed by atoms with van der Waals surface area (Å²) in [6.45, 7) is 5.75. The first-order valence-electron chi connectivity index (χ1n) is 9.70. The monoisotopic (exact) mass is 419 g/mol. The average Bonchev–Trinajstić information content (AvgIpc) is 3.30. The van der Waals surface area contributed by atoms with Crippen LogP contribution in [-0.4, -0.2) is 36.7 Å². The fraction of sp³-hybridized carbons (Fsp3) is 0.238. The average molecular weight is 419 g/mol. The molecule has 0 bridgehead atoms. The molecular weight excluding hydrogens is 398 g/mol. The number of hydrogen-bond donors (Lipinski definition) is 2. The van der Waals surface area contributed by atoms with Crippen molar-refractivity contribution >= 4 is 22.7 Å². The van der Waals surface area contributed by atoms with Crippen molar-refractivity contribution in [1.29, 1.82) is 0 Å². The van der Waals surface area contributed by atoms with E-state index in [1.807, 2.05) is 13.8 Å². The highest BCUT2D eigenvalue weighted by Crippen LogP contribution is 2.36. The van der Waals surface area contributed by atoms with E-state index in [0.29, 0.717) is 46.0 Å². The van der Waals surface area contributed by atoms with Gasteiger partial charge in [0.1, 0.15) is 12.2 Å². The van der Waals surface area contributed by atoms with Crippen molar-refractivity contribution in [3.8, 4) is 11.1 Å². The summed E-state index contributed by atoms with van der Waals surface area (Å²) in [5.74, 6) is -0.454. The molecule has 0 radical (unpaired) electrons. The summed E-state index contributed by atoms with van der Waals surface area (Å²) < 4.78 is 6.94. The predicted octanol–water partition coefficient (Wildman–Crippen LogP) is 1.91. The van der Waals surface area contributed by atoms with E-state index < -0.39 is 11.8 Å². The van der Waals surface area contributed by atoms with Crippen LogP contribution in [0.1, 0.15) is 50.9 Å². The Morgan fingerprint density at radius 1 is 1.06 bits per heavy atom. The molecule has 4 aromatic rings. The molecular formula is C21H21N7O3. The third-order valence-corrected chi connectivity index (χ3v) is 5.12. The molecule has 4 N–H and O–H groups in total. The summed E-state index contributed by atoms with van der Waals surface area (Å²) in [6.07, 6.45) is 0.651. The molecule has 0 aliphatic carbocycles. The van der Waals surface area contributed by atoms with Crippen molar-refractivity contribution in [3.63, 3.8) is 0 Å². The highest BCUT2D eigenvalue weighted by atomic mass is 16.5. The lowest BCUT2D eigenvalue weighted by Gasteiger charge is -2.14. The van der Waals surface area contributed by atoms with Gasteiger partial charge in [0.05, 0.1) is 16.8 Å². The number of carbonyl (C=O) groups excluding carboxylic acids is 2. The molecule has 0 aliphatic rings. The van der Waals surface area contributed by atoms with E-state index in [4.69, 9.17) is 16.0 Å². The Hall–Kier alpha value is -4.08. The minimum atomic E-state index is -0.765. The molecule has 158 valence electrons. The fourth-order valence-electron chi connectivity index (χ4n) is 3.73. The van der Waals surface area contributed by atoms with Crippen LogP contribution in [0.25, 0.3) is 22.0 Å². The Kier molecular flexibility index (Phi) is 4.97. The van der Waals surface area contributed by atoms with E-state index in [0.717, 1.165) is 0 Å². The summed E-state index contributed by atoms with van der Waals surface area (Å²) in [4.78, 5) is 33.6. The lowest BCUT2D eigenvalue weighted by molar-refractivity contribution is 0.0996. The van der Waals surface area contributed by atoms with Gasteiger partial charge in [-0.25, -0.2) is 4.98 Å². The molecule has 1 aromatic carbocycles. The molecule has 10 heteroatoms. The number of carbonyl (C=O) groups is 2. The van der Waals surface area contributed by atoms with Gasteiger partial charge in [-0.05, 0) is 19.9 Å². The topological polar surface area (TPSA) is 156 Å². The quantitative estimate of drug-likeness (QED) is 0.483. The van der Waals surface area contributed by atoms with Crippen LogP contribution in [-0.2, 0) is 13.0 Å². The molecule has 0 saturated heterocycles. The number of nitrogens with two attached hydrogens (primary N) is 2. The Morgan fingerprint density at radius 2 is 1.81 bits per heavy atom. The molecule has 0 aliphatic heterocycles. The zero-order valence-electron chi connectivity index (χ0n) is 17.3. The van der Waals surface area contributed by atoms with Gasteiger partial charge < -0.3 is 16.0 Å². The zero-order chi connectivity index (χ0) is 22.3. The minimum absolute atomic E-state index is 0.0377. The van der Waals surface area contributed by atoms with Gasteiger partial charge in [0.15, 0.2) is 5.82 Å². The molecule has 0 spiro atoms. The van der Waals surface area contributed by atoms with Gasteiger partial charge >= 0.3 is 0 Å². The van der Waals surface area contributed by atoms with Gasteiger partial charge in [-0.2, -0.15) is 10.1 Å². The first-order chi connectivity index (χ1) is 14.8. The van der Waals surface area contributed by atoms with Crippen molar-refractivity contribution in [2.24, 2.45) is 11.5 Å². The normalized spacial score (nSPS) is 11.2. The van der Waals surface area contributed by atoms with Crippen molar-refractivity contribution in [2.45, 2.75) is 33.7 Å². The van der Waals surface area contributed by atoms with Gasteiger partial charge in [0.2, 0.25) is 11.8 Å². The van der Waals surface area contributed by atoms with Gasteiger partial charge in [0, 0.05) is 28.6 Å². The third kappa shape index (κ3) is 3.41. The fourth-order valence-corrected chi connectivity index (χ4v) is 3.73. The van der Waals surface area contributed by atoms with E-state index in [-0.39, 0.29) is 23.4 Å². The number of rotatable bonds is 6. The third-order valence-electron chi connectivity index (χ3n) is 5.12. The van der Waals surface area contributed by atoms with E-state index in [1.165, 1.54) is 0 Å². The summed E-state index contributed by atoms with van der Waals surface area (Å²) in [5, 5.41) is 8.99. The van der Waals surface area contributed by atoms with Gasteiger partial charge in [-0.15, -0.1) is 0 Å². The van der Waals surface area contributed by atoms with Gasteiger partial charge in [-0.1, -0.05) is 30.3 Å². The predicted molar refractivity (Wildman–Crippen MR) is 112 cm³/mol. The number of amides is 2. The molecule has 3 heterocycles. The number of para-hydroxylation sites is 1. The summed E-state index contributed by atoms with van der Waals surface area (Å²) in [6, 6.07) is 6.96. The van der Waals surface area contributed by atoms with Crippen LogP contribution in [0.3, 0.4) is 0 Å². The lowest BCUT2D eigenvalue weighted by atomic mass is 9.92. The first kappa shape index (κ1) is 20.2. The van der Waals surface area contributed by atoms with E-state index >= 15 is 0 Å². The molecule has 0 fully saturated rings. The van der Waals surface area contributed by atoms with Gasteiger partial charge in [-0.3, -0.25) is 14.3 Å². The first-order valence-corrected chi connectivity index (χ1v) is 9.70. The lowest BCUT2D eigenvalue weighted by Crippen LogP contribution is -2.21. The smallest absolute Gasteiger partial charge is 0.267 e. The van der Waals surface area contributed by atoms with E-state index in [1.54, 1.807) is 35.9 Å². The number of benzene rings is 1. The molecule has 0 atom stereocenters. The molecule has 3 aromatic heterocycles. The Bertz CT molecular complexity index is 1340. The standard InChI is InChI=1S/C21H21N7O3/c1-4-14-25-15(31-27-14)9-28-11(3)16(10(2)26-28)18-17(20(22)29)12-7-5-6-8-13(12)24-19(18)21(23)30/h5-8H,4,9H2,1-3H3,(H2,22,29)(H2,23,30). The van der Waals surface area contributed by atoms with Crippen molar-refractivity contribution in [3.05, 3.63) is 58.6 Å². The summed E-state index contributed by atoms with van der Waals surface area (Å²) in [5.41, 5.74) is 14.1. The van der Waals surface area contributed by atoms with Crippen LogP contribution < -0.4 is 11.5 Å². The minimum Gasteiger partial charge on any atom is -0.366 e. The van der Waals surface area contributed by atoms with Crippen molar-refractivity contribution in [2.75, 3.05) is 0 Å². The van der Waals surface area contributed by atoms with Crippen LogP contribution >= 0.6 is 0 Å². The number of fused-ring (bicyclic) bond motifs is 1. The molecule has 2 amide bonds. The maximum atomic E-state index is 12.5. The zero-order valence-corrected chi connectivity index (χ0v) is 17.3. The second-order valence-corrected chi connectivity index (χ2v) is 7.12. The van der Waals surface area contributed by atoms with Crippen LogP contribution in [0.5, 0.6) is 0 Å². The SMILES string of the molecule is CCc1noc(Cn2nc(C)c(-c3c(C(N)=O)nc4ccccc4c3C(N)=O)c2C)n1. The molecule has 4 rings (SSSR count). The Morgan fingerprint density at radius 3 is 2.45 bits per heavy atom. The van der Waals surface area contributed by atoms with Crippen LogP contribution in [0.15, 0.2) is 28.8 Å². The number of aromatic nitrogens is 5. The second-order valence-electron chi connectivity index (χ2n) is 7.12. The van der Waals surface area contributed by atoms with Crippen LogP contribution in [0.2, 0.25) is 0 Å². The molecule has 0 saturated carbocycles. The largest absolute Gasteiger partial charge is 0.366 e. The number of pyridine rings is 1. The number of aryl methyl sites for hydroxylation is 2. The Labute approximate surface area is 177 Å². The maximum Gasteiger partial charge on any atom is 0.267 e. The Balaban J connectivity index is 1.97. The molecule has 0 unspecified atom stereocenters. The summed E-state index contributed by atoms with van der Waals surface area (Å²) in [7, 11) is 0. The van der Waals surface area contributed by atoms with Gasteiger partial charge in [0.25, 0.3) is 5.91 Å². The maximum absolute atomic E-state index is 12.5. The van der Waals surface area contributed by atoms with E-state index in [9.17, 15) is 9.59 Å². The van der Waals surface area contributed by atoms with E-state index in [2.05, 4.69) is 20.2 Å². The number of hydrogen-bond acceptors (Lipinski definition) is 7. The van der Waals surface area contributed by atoms with Crippen molar-refractivity contribution in [1.82, 2.24) is 24.9 Å². The number of primary amides is 2. The molecule has 10 nitrogen and oxygen atoms in total. The highest BCUT2D eigenvalue weighted by molar-refractivity contribution is 6.15. The molecule has 31 heavy (non-hydrogen) atoms. The second kappa shape index (κ2) is 7.63. The highest BCUT2D eigenvalue weighted by Gasteiger charge is 2.27.